The lowest BCUT2D eigenvalue weighted by Gasteiger charge is -2.17. The maximum absolute atomic E-state index is 12.7. The zero-order valence-corrected chi connectivity index (χ0v) is 17.9. The van der Waals surface area contributed by atoms with Crippen molar-refractivity contribution in [3.05, 3.63) is 52.7 Å². The predicted octanol–water partition coefficient (Wildman–Crippen LogP) is 5.21. The number of hydrogen-bond donors (Lipinski definition) is 1. The molecular formula is C22H23N3O2S2. The number of anilines is 2. The van der Waals surface area contributed by atoms with Gasteiger partial charge in [0.05, 0.1) is 16.5 Å². The Labute approximate surface area is 178 Å². The highest BCUT2D eigenvalue weighted by molar-refractivity contribution is 7.16. The van der Waals surface area contributed by atoms with Crippen molar-refractivity contribution >= 4 is 45.3 Å². The van der Waals surface area contributed by atoms with E-state index in [2.05, 4.69) is 29.4 Å². The molecule has 1 N–H and O–H groups in total. The fourth-order valence-corrected chi connectivity index (χ4v) is 4.91. The van der Waals surface area contributed by atoms with Crippen LogP contribution in [0.4, 0.5) is 10.8 Å². The van der Waals surface area contributed by atoms with Crippen LogP contribution in [0.2, 0.25) is 0 Å². The maximum atomic E-state index is 12.7. The van der Waals surface area contributed by atoms with Gasteiger partial charge in [0.1, 0.15) is 0 Å². The van der Waals surface area contributed by atoms with Gasteiger partial charge in [-0.05, 0) is 42.0 Å². The zero-order valence-electron chi connectivity index (χ0n) is 16.3. The molecule has 3 heterocycles. The molecule has 5 nitrogen and oxygen atoms in total. The first-order chi connectivity index (χ1) is 14.1. The Morgan fingerprint density at radius 2 is 2.07 bits per heavy atom. The number of rotatable bonds is 7. The van der Waals surface area contributed by atoms with E-state index in [9.17, 15) is 9.59 Å². The highest BCUT2D eigenvalue weighted by Crippen LogP contribution is 2.30. The second-order valence-corrected chi connectivity index (χ2v) is 8.99. The van der Waals surface area contributed by atoms with Crippen LogP contribution in [-0.2, 0) is 16.0 Å². The number of thiophene rings is 1. The van der Waals surface area contributed by atoms with Gasteiger partial charge in [-0.2, -0.15) is 0 Å². The molecule has 1 aromatic carbocycles. The lowest BCUT2D eigenvalue weighted by Crippen LogP contribution is -2.28. The van der Waals surface area contributed by atoms with Gasteiger partial charge < -0.3 is 10.2 Å². The van der Waals surface area contributed by atoms with Crippen molar-refractivity contribution in [2.45, 2.75) is 32.6 Å². The molecule has 150 valence electrons. The largest absolute Gasteiger partial charge is 0.312 e. The van der Waals surface area contributed by atoms with Crippen molar-refractivity contribution < 1.29 is 9.59 Å². The summed E-state index contributed by atoms with van der Waals surface area (Å²) in [4.78, 5) is 32.5. The number of carbonyl (C=O) groups is 2. The third kappa shape index (κ3) is 4.57. The Kier molecular flexibility index (Phi) is 6.06. The van der Waals surface area contributed by atoms with Crippen LogP contribution in [0.1, 0.15) is 31.7 Å². The van der Waals surface area contributed by atoms with Gasteiger partial charge in [-0.15, -0.1) is 22.7 Å². The topological polar surface area (TPSA) is 62.3 Å². The molecule has 4 rings (SSSR count). The summed E-state index contributed by atoms with van der Waals surface area (Å²) in [5.41, 5.74) is 3.01. The number of thiazole rings is 1. The first-order valence-electron chi connectivity index (χ1n) is 9.83. The van der Waals surface area contributed by atoms with Gasteiger partial charge in [-0.25, -0.2) is 4.98 Å². The minimum Gasteiger partial charge on any atom is -0.312 e. The lowest BCUT2D eigenvalue weighted by molar-refractivity contribution is -0.122. The van der Waals surface area contributed by atoms with Gasteiger partial charge in [-0.1, -0.05) is 31.5 Å². The van der Waals surface area contributed by atoms with Gasteiger partial charge in [-0.3, -0.25) is 9.59 Å². The van der Waals surface area contributed by atoms with Crippen molar-refractivity contribution in [3.63, 3.8) is 0 Å². The number of aromatic nitrogens is 1. The van der Waals surface area contributed by atoms with Crippen LogP contribution in [0.15, 0.2) is 47.2 Å². The van der Waals surface area contributed by atoms with Gasteiger partial charge in [0.15, 0.2) is 5.13 Å². The number of hydrogen-bond acceptors (Lipinski definition) is 5. The van der Waals surface area contributed by atoms with E-state index in [-0.39, 0.29) is 24.2 Å². The molecule has 2 aromatic heterocycles. The normalized spacial score (nSPS) is 16.4. The Morgan fingerprint density at radius 3 is 2.79 bits per heavy atom. The van der Waals surface area contributed by atoms with Crippen LogP contribution in [0, 0.1) is 5.92 Å². The predicted molar refractivity (Wildman–Crippen MR) is 120 cm³/mol. The molecule has 0 bridgehead atoms. The first-order valence-corrected chi connectivity index (χ1v) is 11.6. The highest BCUT2D eigenvalue weighted by Gasteiger charge is 2.35. The van der Waals surface area contributed by atoms with E-state index in [4.69, 9.17) is 0 Å². The molecule has 1 atom stereocenters. The summed E-state index contributed by atoms with van der Waals surface area (Å²) in [5, 5.41) is 7.40. The fourth-order valence-electron chi connectivity index (χ4n) is 3.43. The maximum Gasteiger partial charge on any atom is 0.231 e. The molecule has 1 saturated heterocycles. The van der Waals surface area contributed by atoms with E-state index in [0.29, 0.717) is 11.7 Å². The lowest BCUT2D eigenvalue weighted by atomic mass is 10.1. The van der Waals surface area contributed by atoms with E-state index in [0.717, 1.165) is 35.5 Å². The average Bonchev–Trinajstić information content (AvgIpc) is 3.47. The summed E-state index contributed by atoms with van der Waals surface area (Å²) in [5.74, 6) is -0.520. The number of amides is 2. The molecule has 3 aromatic rings. The monoisotopic (exact) mass is 425 g/mol. The molecule has 0 aliphatic carbocycles. The van der Waals surface area contributed by atoms with Crippen LogP contribution < -0.4 is 10.2 Å². The Morgan fingerprint density at radius 1 is 1.24 bits per heavy atom. The van der Waals surface area contributed by atoms with Crippen LogP contribution in [0.3, 0.4) is 0 Å². The summed E-state index contributed by atoms with van der Waals surface area (Å²) in [6, 6.07) is 12.1. The van der Waals surface area contributed by atoms with Gasteiger partial charge in [0.2, 0.25) is 11.8 Å². The van der Waals surface area contributed by atoms with Gasteiger partial charge in [0.25, 0.3) is 0 Å². The van der Waals surface area contributed by atoms with Crippen molar-refractivity contribution in [2.75, 3.05) is 16.8 Å². The van der Waals surface area contributed by atoms with Gasteiger partial charge in [0, 0.05) is 24.0 Å². The molecule has 1 unspecified atom stereocenters. The third-order valence-corrected chi connectivity index (χ3v) is 6.72. The summed E-state index contributed by atoms with van der Waals surface area (Å²) < 4.78 is 0. The summed E-state index contributed by atoms with van der Waals surface area (Å²) in [7, 11) is 0. The second kappa shape index (κ2) is 8.88. The molecule has 1 aliphatic rings. The summed E-state index contributed by atoms with van der Waals surface area (Å²) in [6.45, 7) is 2.58. The minimum absolute atomic E-state index is 0.00938. The molecule has 7 heteroatoms. The van der Waals surface area contributed by atoms with E-state index < -0.39 is 0 Å². The Bertz CT molecular complexity index is 980. The van der Waals surface area contributed by atoms with Crippen LogP contribution in [0.25, 0.3) is 10.6 Å². The second-order valence-electron chi connectivity index (χ2n) is 7.18. The number of nitrogens with zero attached hydrogens (tertiary/aromatic N) is 2. The summed E-state index contributed by atoms with van der Waals surface area (Å²) in [6.07, 6.45) is 3.61. The SMILES string of the molecule is CCCCc1ccc(N2CC(C(=O)Nc3nc(-c4cccs4)cs3)CC2=O)cc1. The first kappa shape index (κ1) is 19.8. The molecule has 29 heavy (non-hydrogen) atoms. The molecule has 0 saturated carbocycles. The Hall–Kier alpha value is -2.51. The molecule has 0 spiro atoms. The zero-order chi connectivity index (χ0) is 20.2. The number of unbranched alkanes of at least 4 members (excludes halogenated alkanes) is 1. The van der Waals surface area contributed by atoms with Crippen molar-refractivity contribution in [1.82, 2.24) is 4.98 Å². The standard InChI is InChI=1S/C22H23N3O2S2/c1-2-3-5-15-7-9-17(10-8-15)25-13-16(12-20(25)26)21(27)24-22-23-18(14-29-22)19-6-4-11-28-19/h4,6-11,14,16H,2-3,5,12-13H2,1H3,(H,23,24,27). The van der Waals surface area contributed by atoms with Crippen LogP contribution in [-0.4, -0.2) is 23.3 Å². The number of benzene rings is 1. The van der Waals surface area contributed by atoms with Gasteiger partial charge >= 0.3 is 0 Å². The molecule has 2 amide bonds. The highest BCUT2D eigenvalue weighted by atomic mass is 32.1. The average molecular weight is 426 g/mol. The molecular weight excluding hydrogens is 402 g/mol. The summed E-state index contributed by atoms with van der Waals surface area (Å²) >= 11 is 3.02. The fraction of sp³-hybridized carbons (Fsp3) is 0.318. The van der Waals surface area contributed by atoms with E-state index in [1.54, 1.807) is 16.2 Å². The van der Waals surface area contributed by atoms with Crippen LogP contribution >= 0.6 is 22.7 Å². The number of aryl methyl sites for hydroxylation is 1. The smallest absolute Gasteiger partial charge is 0.231 e. The van der Waals surface area contributed by atoms with Crippen molar-refractivity contribution in [2.24, 2.45) is 5.92 Å². The minimum atomic E-state index is -0.364. The number of carbonyl (C=O) groups excluding carboxylic acids is 2. The quantitative estimate of drug-likeness (QED) is 0.565. The molecule has 1 fully saturated rings. The third-order valence-electron chi connectivity index (χ3n) is 5.07. The molecule has 1 aliphatic heterocycles. The van der Waals surface area contributed by atoms with E-state index in [1.165, 1.54) is 16.9 Å². The molecule has 0 radical (unpaired) electrons. The van der Waals surface area contributed by atoms with E-state index >= 15 is 0 Å². The van der Waals surface area contributed by atoms with Crippen LogP contribution in [0.5, 0.6) is 0 Å². The van der Waals surface area contributed by atoms with Crippen molar-refractivity contribution in [1.29, 1.82) is 0 Å². The van der Waals surface area contributed by atoms with E-state index in [1.807, 2.05) is 35.0 Å². The Balaban J connectivity index is 1.38. The van der Waals surface area contributed by atoms with Crippen molar-refractivity contribution in [3.8, 4) is 10.6 Å². The number of nitrogens with one attached hydrogen (secondary N) is 1.